The molecule has 9 heteroatoms. The van der Waals surface area contributed by atoms with Crippen LogP contribution in [-0.2, 0) is 32.3 Å². The molecule has 0 aromatic heterocycles. The molecule has 0 heterocycles. The van der Waals surface area contributed by atoms with Crippen LogP contribution in [0, 0.1) is 0 Å². The Morgan fingerprint density at radius 2 is 1.32 bits per heavy atom. The molecule has 0 aliphatic carbocycles. The Hall–Kier alpha value is -4.66. The lowest BCUT2D eigenvalue weighted by Gasteiger charge is -2.09. The van der Waals surface area contributed by atoms with E-state index in [2.05, 4.69) is 16.0 Å². The van der Waals surface area contributed by atoms with Crippen LogP contribution < -0.4 is 16.0 Å². The van der Waals surface area contributed by atoms with Crippen molar-refractivity contribution in [3.63, 3.8) is 0 Å². The molecule has 0 fully saturated rings. The largest absolute Gasteiger partial charge is 0.461 e. The molecule has 3 aromatic carbocycles. The van der Waals surface area contributed by atoms with E-state index in [9.17, 15) is 19.2 Å². The molecule has 3 N–H and O–H groups in total. The van der Waals surface area contributed by atoms with Gasteiger partial charge in [-0.15, -0.1) is 0 Å². The van der Waals surface area contributed by atoms with Crippen LogP contribution in [0.15, 0.2) is 84.9 Å². The van der Waals surface area contributed by atoms with Crippen LogP contribution in [0.3, 0.4) is 0 Å². The summed E-state index contributed by atoms with van der Waals surface area (Å²) in [5.74, 6) is -1.02. The van der Waals surface area contributed by atoms with Gasteiger partial charge in [0.05, 0.1) is 6.42 Å². The predicted octanol–water partition coefficient (Wildman–Crippen LogP) is 4.20. The monoisotopic (exact) mass is 517 g/mol. The fourth-order valence-electron chi connectivity index (χ4n) is 3.37. The Bertz CT molecular complexity index is 1200. The van der Waals surface area contributed by atoms with Gasteiger partial charge in [-0.3, -0.25) is 14.4 Å². The van der Waals surface area contributed by atoms with Gasteiger partial charge in [0.2, 0.25) is 5.91 Å². The molecule has 0 saturated heterocycles. The molecule has 0 aliphatic rings. The molecular formula is C29H31N3O6. The first-order chi connectivity index (χ1) is 18.5. The second kappa shape index (κ2) is 15.5. The van der Waals surface area contributed by atoms with Crippen molar-refractivity contribution < 1.29 is 28.7 Å². The number of ether oxygens (including phenoxy) is 2. The quantitative estimate of drug-likeness (QED) is 0.231. The highest BCUT2D eigenvalue weighted by Gasteiger charge is 2.10. The van der Waals surface area contributed by atoms with Gasteiger partial charge in [0, 0.05) is 30.8 Å². The van der Waals surface area contributed by atoms with Crippen LogP contribution in [0.2, 0.25) is 0 Å². The van der Waals surface area contributed by atoms with Gasteiger partial charge >= 0.3 is 12.1 Å². The minimum absolute atomic E-state index is 0.0445. The smallest absolute Gasteiger partial charge is 0.407 e. The number of anilines is 1. The van der Waals surface area contributed by atoms with Gasteiger partial charge in [0.25, 0.3) is 5.91 Å². The molecule has 0 radical (unpaired) electrons. The first-order valence-corrected chi connectivity index (χ1v) is 12.3. The van der Waals surface area contributed by atoms with E-state index in [4.69, 9.17) is 9.47 Å². The number of hydrogen-bond acceptors (Lipinski definition) is 6. The van der Waals surface area contributed by atoms with Crippen molar-refractivity contribution in [2.75, 3.05) is 18.4 Å². The van der Waals surface area contributed by atoms with Gasteiger partial charge in [-0.25, -0.2) is 4.79 Å². The van der Waals surface area contributed by atoms with Gasteiger partial charge in [-0.2, -0.15) is 0 Å². The van der Waals surface area contributed by atoms with Gasteiger partial charge in [0.1, 0.15) is 13.2 Å². The molecule has 0 atom stereocenters. The Morgan fingerprint density at radius 3 is 2.00 bits per heavy atom. The maximum Gasteiger partial charge on any atom is 0.407 e. The zero-order chi connectivity index (χ0) is 27.0. The first-order valence-electron chi connectivity index (χ1n) is 12.3. The third-order valence-electron chi connectivity index (χ3n) is 5.33. The van der Waals surface area contributed by atoms with Crippen LogP contribution in [0.4, 0.5) is 10.5 Å². The van der Waals surface area contributed by atoms with Crippen LogP contribution in [-0.4, -0.2) is 37.0 Å². The lowest BCUT2D eigenvalue weighted by Crippen LogP contribution is -2.27. The van der Waals surface area contributed by atoms with Gasteiger partial charge < -0.3 is 25.4 Å². The summed E-state index contributed by atoms with van der Waals surface area (Å²) in [7, 11) is 0. The van der Waals surface area contributed by atoms with E-state index in [1.807, 2.05) is 60.7 Å². The first kappa shape index (κ1) is 27.9. The van der Waals surface area contributed by atoms with Crippen molar-refractivity contribution >= 4 is 29.6 Å². The molecule has 3 rings (SSSR count). The molecule has 3 amide bonds. The summed E-state index contributed by atoms with van der Waals surface area (Å²) in [5, 5.41) is 8.03. The van der Waals surface area contributed by atoms with Crippen molar-refractivity contribution in [2.45, 2.75) is 32.5 Å². The van der Waals surface area contributed by atoms with Gasteiger partial charge in [0.15, 0.2) is 0 Å². The lowest BCUT2D eigenvalue weighted by molar-refractivity contribution is -0.144. The van der Waals surface area contributed by atoms with E-state index in [1.54, 1.807) is 24.3 Å². The number of nitrogens with one attached hydrogen (secondary N) is 3. The minimum atomic E-state index is -0.544. The zero-order valence-corrected chi connectivity index (χ0v) is 21.0. The van der Waals surface area contributed by atoms with Crippen molar-refractivity contribution in [1.82, 2.24) is 10.6 Å². The average Bonchev–Trinajstić information content (AvgIpc) is 2.94. The Kier molecular flexibility index (Phi) is 11.4. The molecule has 9 nitrogen and oxygen atoms in total. The summed E-state index contributed by atoms with van der Waals surface area (Å²) >= 11 is 0. The Morgan fingerprint density at radius 1 is 0.658 bits per heavy atom. The van der Waals surface area contributed by atoms with E-state index in [0.29, 0.717) is 17.7 Å². The topological polar surface area (TPSA) is 123 Å². The molecular weight excluding hydrogens is 486 g/mol. The molecule has 3 aromatic rings. The molecule has 0 unspecified atom stereocenters. The maximum atomic E-state index is 12.4. The highest BCUT2D eigenvalue weighted by molar-refractivity contribution is 5.97. The minimum Gasteiger partial charge on any atom is -0.461 e. The molecule has 0 saturated carbocycles. The van der Waals surface area contributed by atoms with Crippen LogP contribution >= 0.6 is 0 Å². The van der Waals surface area contributed by atoms with Crippen LogP contribution in [0.1, 0.15) is 40.7 Å². The Labute approximate surface area is 221 Å². The molecule has 38 heavy (non-hydrogen) atoms. The molecule has 0 bridgehead atoms. The summed E-state index contributed by atoms with van der Waals surface area (Å²) in [6.45, 7) is 0.778. The number of esters is 1. The highest BCUT2D eigenvalue weighted by Crippen LogP contribution is 2.11. The SMILES string of the molecule is O=C(CCCNC(=O)OCc1ccccc1)Nc1cccc(C(=O)NCCC(=O)OCc2ccccc2)c1. The predicted molar refractivity (Wildman–Crippen MR) is 142 cm³/mol. The summed E-state index contributed by atoms with van der Waals surface area (Å²) in [5.41, 5.74) is 2.60. The van der Waals surface area contributed by atoms with E-state index >= 15 is 0 Å². The molecule has 0 spiro atoms. The second-order valence-corrected chi connectivity index (χ2v) is 8.37. The molecule has 198 valence electrons. The van der Waals surface area contributed by atoms with Gasteiger partial charge in [-0.05, 0) is 35.7 Å². The normalized spacial score (nSPS) is 10.2. The number of rotatable bonds is 13. The van der Waals surface area contributed by atoms with Crippen LogP contribution in [0.5, 0.6) is 0 Å². The fraction of sp³-hybridized carbons (Fsp3) is 0.241. The summed E-state index contributed by atoms with van der Waals surface area (Å²) in [6, 6.07) is 25.2. The third-order valence-corrected chi connectivity index (χ3v) is 5.33. The highest BCUT2D eigenvalue weighted by atomic mass is 16.5. The number of carbonyl (C=O) groups is 4. The number of benzene rings is 3. The number of alkyl carbamates (subject to hydrolysis) is 1. The summed E-state index contributed by atoms with van der Waals surface area (Å²) < 4.78 is 10.3. The number of hydrogen-bond donors (Lipinski definition) is 3. The number of amides is 3. The maximum absolute atomic E-state index is 12.4. The van der Waals surface area contributed by atoms with Crippen molar-refractivity contribution in [3.05, 3.63) is 102 Å². The van der Waals surface area contributed by atoms with Crippen LogP contribution in [0.25, 0.3) is 0 Å². The Balaban J connectivity index is 1.30. The molecule has 0 aliphatic heterocycles. The van der Waals surface area contributed by atoms with E-state index in [-0.39, 0.29) is 51.0 Å². The van der Waals surface area contributed by atoms with Crippen molar-refractivity contribution in [3.8, 4) is 0 Å². The number of carbonyl (C=O) groups excluding carboxylic acids is 4. The van der Waals surface area contributed by atoms with Crippen molar-refractivity contribution in [1.29, 1.82) is 0 Å². The fourth-order valence-corrected chi connectivity index (χ4v) is 3.37. The van der Waals surface area contributed by atoms with E-state index in [0.717, 1.165) is 11.1 Å². The summed E-state index contributed by atoms with van der Waals surface area (Å²) in [4.78, 5) is 48.3. The lowest BCUT2D eigenvalue weighted by atomic mass is 10.1. The van der Waals surface area contributed by atoms with Crippen molar-refractivity contribution in [2.24, 2.45) is 0 Å². The standard InChI is InChI=1S/C29H31N3O6/c33-26(15-8-17-31-29(36)38-21-23-11-5-2-6-12-23)32-25-14-7-13-24(19-25)28(35)30-18-16-27(34)37-20-22-9-3-1-4-10-22/h1-7,9-14,19H,8,15-18,20-21H2,(H,30,35)(H,31,36)(H,32,33). The van der Waals surface area contributed by atoms with E-state index < -0.39 is 12.1 Å². The zero-order valence-electron chi connectivity index (χ0n) is 21.0. The second-order valence-electron chi connectivity index (χ2n) is 8.37. The summed E-state index contributed by atoms with van der Waals surface area (Å²) in [6.07, 6.45) is 0.105. The third kappa shape index (κ3) is 10.5. The van der Waals surface area contributed by atoms with Gasteiger partial charge in [-0.1, -0.05) is 66.7 Å². The van der Waals surface area contributed by atoms with E-state index in [1.165, 1.54) is 0 Å². The average molecular weight is 518 g/mol.